The minimum absolute atomic E-state index is 0.317. The highest BCUT2D eigenvalue weighted by atomic mass is 16.4. The molecule has 0 fully saturated rings. The number of benzene rings is 1. The van der Waals surface area contributed by atoms with Gasteiger partial charge in [-0.1, -0.05) is 25.1 Å². The predicted octanol–water partition coefficient (Wildman–Crippen LogP) is 4.68. The first-order valence-corrected chi connectivity index (χ1v) is 8.84. The molecule has 0 aliphatic heterocycles. The summed E-state index contributed by atoms with van der Waals surface area (Å²) >= 11 is 0. The van der Waals surface area contributed by atoms with E-state index >= 15 is 0 Å². The molecule has 0 bridgehead atoms. The Hall–Kier alpha value is -3.67. The molecule has 4 aromatic rings. The summed E-state index contributed by atoms with van der Waals surface area (Å²) < 4.78 is 10.7. The summed E-state index contributed by atoms with van der Waals surface area (Å²) in [5, 5.41) is 10.5. The summed E-state index contributed by atoms with van der Waals surface area (Å²) in [5.74, 6) is -0.730. The van der Waals surface area contributed by atoms with Crippen LogP contribution >= 0.6 is 0 Å². The van der Waals surface area contributed by atoms with Crippen molar-refractivity contribution >= 4 is 16.9 Å². The Morgan fingerprint density at radius 3 is 2.71 bits per heavy atom. The van der Waals surface area contributed by atoms with Crippen LogP contribution in [0.25, 0.3) is 33.6 Å². The van der Waals surface area contributed by atoms with E-state index in [1.165, 1.54) is 12.3 Å². The Morgan fingerprint density at radius 1 is 1.21 bits per heavy atom. The van der Waals surface area contributed by atoms with Gasteiger partial charge < -0.3 is 13.9 Å². The van der Waals surface area contributed by atoms with E-state index in [1.807, 2.05) is 44.2 Å². The molecule has 0 saturated heterocycles. The van der Waals surface area contributed by atoms with Crippen LogP contribution < -0.4 is 5.63 Å². The predicted molar refractivity (Wildman–Crippen MR) is 104 cm³/mol. The average molecular weight is 375 g/mol. The number of rotatable bonds is 4. The summed E-state index contributed by atoms with van der Waals surface area (Å²) in [6.45, 7) is 3.79. The minimum Gasteiger partial charge on any atom is -0.477 e. The van der Waals surface area contributed by atoms with Crippen molar-refractivity contribution < 1.29 is 18.7 Å². The second kappa shape index (κ2) is 6.81. The van der Waals surface area contributed by atoms with Crippen LogP contribution in [0.3, 0.4) is 0 Å². The summed E-state index contributed by atoms with van der Waals surface area (Å²) in [7, 11) is 0. The molecule has 1 N–H and O–H groups in total. The number of carboxylic acid groups (broad SMARTS) is 1. The van der Waals surface area contributed by atoms with Gasteiger partial charge in [-0.15, -0.1) is 0 Å². The topological polar surface area (TPSA) is 93.5 Å². The maximum Gasteiger partial charge on any atom is 0.351 e. The van der Waals surface area contributed by atoms with Crippen molar-refractivity contribution in [1.29, 1.82) is 0 Å². The van der Waals surface area contributed by atoms with Crippen molar-refractivity contribution in [2.24, 2.45) is 0 Å². The molecular weight excluding hydrogens is 358 g/mol. The van der Waals surface area contributed by atoms with Gasteiger partial charge in [0.2, 0.25) is 0 Å². The fourth-order valence-corrected chi connectivity index (χ4v) is 3.52. The third kappa shape index (κ3) is 2.79. The van der Waals surface area contributed by atoms with Gasteiger partial charge in [0.25, 0.3) is 0 Å². The second-order valence-corrected chi connectivity index (χ2v) is 6.45. The van der Waals surface area contributed by atoms with E-state index in [-0.39, 0.29) is 5.56 Å². The van der Waals surface area contributed by atoms with Gasteiger partial charge in [-0.3, -0.25) is 4.98 Å². The first-order chi connectivity index (χ1) is 13.5. The molecule has 0 aliphatic rings. The molecular formula is C22H17NO5. The minimum atomic E-state index is -1.33. The molecule has 6 nitrogen and oxygen atoms in total. The van der Waals surface area contributed by atoms with Gasteiger partial charge in [0, 0.05) is 17.1 Å². The Balaban J connectivity index is 2.03. The molecule has 0 unspecified atom stereocenters. The van der Waals surface area contributed by atoms with E-state index in [4.69, 9.17) is 8.83 Å². The zero-order valence-electron chi connectivity index (χ0n) is 15.4. The number of aromatic carboxylic acids is 1. The van der Waals surface area contributed by atoms with Crippen molar-refractivity contribution in [1.82, 2.24) is 4.98 Å². The van der Waals surface area contributed by atoms with Crippen LogP contribution in [0.4, 0.5) is 0 Å². The van der Waals surface area contributed by atoms with Crippen molar-refractivity contribution in [3.05, 3.63) is 76.0 Å². The lowest BCUT2D eigenvalue weighted by atomic mass is 9.91. The third-order valence-corrected chi connectivity index (χ3v) is 4.75. The van der Waals surface area contributed by atoms with Crippen LogP contribution in [0.5, 0.6) is 0 Å². The van der Waals surface area contributed by atoms with Crippen LogP contribution in [-0.4, -0.2) is 16.1 Å². The molecule has 28 heavy (non-hydrogen) atoms. The Labute approximate surface area is 160 Å². The van der Waals surface area contributed by atoms with E-state index in [2.05, 4.69) is 4.98 Å². The third-order valence-electron chi connectivity index (χ3n) is 4.75. The quantitative estimate of drug-likeness (QED) is 0.556. The number of para-hydroxylation sites is 1. The van der Waals surface area contributed by atoms with Gasteiger partial charge >= 0.3 is 11.6 Å². The fraction of sp³-hybridized carbons (Fsp3) is 0.136. The van der Waals surface area contributed by atoms with Crippen molar-refractivity contribution in [2.75, 3.05) is 0 Å². The summed E-state index contributed by atoms with van der Waals surface area (Å²) in [5.41, 5.74) is 2.67. The maximum absolute atomic E-state index is 12.1. The van der Waals surface area contributed by atoms with Crippen LogP contribution in [-0.2, 0) is 6.42 Å². The molecule has 0 amide bonds. The average Bonchev–Trinajstić information content (AvgIpc) is 3.11. The van der Waals surface area contributed by atoms with Crippen LogP contribution in [0.1, 0.15) is 28.4 Å². The standard InChI is InChI=1S/C22H17NO5/c1-3-14-18(15-8-9-27-22(26)19(15)21(24)25)12(2)11-23-20(14)17-10-13-6-4-5-7-16(13)28-17/h4-11H,3H2,1-2H3,(H,24,25). The number of pyridine rings is 1. The zero-order valence-corrected chi connectivity index (χ0v) is 15.4. The molecule has 1 aromatic carbocycles. The summed E-state index contributed by atoms with van der Waals surface area (Å²) in [4.78, 5) is 28.3. The highest BCUT2D eigenvalue weighted by Gasteiger charge is 2.23. The molecule has 0 saturated carbocycles. The van der Waals surface area contributed by atoms with Crippen LogP contribution in [0.2, 0.25) is 0 Å². The first-order valence-electron chi connectivity index (χ1n) is 8.84. The number of nitrogens with zero attached hydrogens (tertiary/aromatic N) is 1. The molecule has 0 spiro atoms. The van der Waals surface area contributed by atoms with Gasteiger partial charge in [-0.2, -0.15) is 0 Å². The smallest absolute Gasteiger partial charge is 0.351 e. The van der Waals surface area contributed by atoms with Gasteiger partial charge in [0.05, 0.1) is 6.26 Å². The lowest BCUT2D eigenvalue weighted by Gasteiger charge is -2.15. The van der Waals surface area contributed by atoms with Crippen LogP contribution in [0, 0.1) is 6.92 Å². The highest BCUT2D eigenvalue weighted by molar-refractivity contribution is 5.97. The van der Waals surface area contributed by atoms with E-state index < -0.39 is 11.6 Å². The molecule has 0 radical (unpaired) electrons. The lowest BCUT2D eigenvalue weighted by molar-refractivity contribution is 0.0693. The maximum atomic E-state index is 12.1. The van der Waals surface area contributed by atoms with Gasteiger partial charge in [-0.05, 0) is 48.2 Å². The molecule has 0 atom stereocenters. The Morgan fingerprint density at radius 2 is 2.00 bits per heavy atom. The number of furan rings is 1. The van der Waals surface area contributed by atoms with E-state index in [0.717, 1.165) is 22.1 Å². The molecule has 3 heterocycles. The normalized spacial score (nSPS) is 11.1. The van der Waals surface area contributed by atoms with E-state index in [1.54, 1.807) is 6.20 Å². The number of aromatic nitrogens is 1. The van der Waals surface area contributed by atoms with Gasteiger partial charge in [0.1, 0.15) is 11.3 Å². The van der Waals surface area contributed by atoms with Crippen molar-refractivity contribution in [2.45, 2.75) is 20.3 Å². The molecule has 6 heteroatoms. The summed E-state index contributed by atoms with van der Waals surface area (Å²) in [6, 6.07) is 11.1. The second-order valence-electron chi connectivity index (χ2n) is 6.45. The number of carboxylic acids is 1. The number of fused-ring (bicyclic) bond motifs is 1. The monoisotopic (exact) mass is 375 g/mol. The number of aryl methyl sites for hydroxylation is 1. The largest absolute Gasteiger partial charge is 0.477 e. The Bertz CT molecular complexity index is 1230. The molecule has 4 rings (SSSR count). The highest BCUT2D eigenvalue weighted by Crippen LogP contribution is 2.36. The lowest BCUT2D eigenvalue weighted by Crippen LogP contribution is -2.15. The van der Waals surface area contributed by atoms with Gasteiger partial charge in [-0.25, -0.2) is 9.59 Å². The van der Waals surface area contributed by atoms with Gasteiger partial charge in [0.15, 0.2) is 11.3 Å². The van der Waals surface area contributed by atoms with E-state index in [9.17, 15) is 14.7 Å². The zero-order chi connectivity index (χ0) is 19.8. The Kier molecular flexibility index (Phi) is 4.31. The number of hydrogen-bond acceptors (Lipinski definition) is 5. The number of hydrogen-bond donors (Lipinski definition) is 1. The number of carbonyl (C=O) groups is 1. The first kappa shape index (κ1) is 17.7. The van der Waals surface area contributed by atoms with Crippen LogP contribution in [0.15, 0.2) is 62.5 Å². The van der Waals surface area contributed by atoms with E-state index in [0.29, 0.717) is 29.0 Å². The molecule has 140 valence electrons. The van der Waals surface area contributed by atoms with Crippen molar-refractivity contribution in [3.63, 3.8) is 0 Å². The SMILES string of the molecule is CCc1c(-c2cc3ccccc3o2)ncc(C)c1-c1ccoc(=O)c1C(=O)O. The fourth-order valence-electron chi connectivity index (χ4n) is 3.52. The van der Waals surface area contributed by atoms with Crippen molar-refractivity contribution in [3.8, 4) is 22.6 Å². The molecule has 0 aliphatic carbocycles. The summed E-state index contributed by atoms with van der Waals surface area (Å²) in [6.07, 6.45) is 3.46. The molecule has 3 aromatic heterocycles.